The highest BCUT2D eigenvalue weighted by molar-refractivity contribution is 6.30. The monoisotopic (exact) mass is 305 g/mol. The lowest BCUT2D eigenvalue weighted by atomic mass is 10.1. The van der Waals surface area contributed by atoms with Crippen LogP contribution >= 0.6 is 11.6 Å². The van der Waals surface area contributed by atoms with E-state index in [-0.39, 0.29) is 10.7 Å². The molecular weight excluding hydrogens is 296 g/mol. The molecule has 2 aromatic carbocycles. The Morgan fingerprint density at radius 2 is 1.90 bits per heavy atom. The van der Waals surface area contributed by atoms with Gasteiger partial charge in [0.2, 0.25) is 0 Å². The van der Waals surface area contributed by atoms with E-state index in [0.717, 1.165) is 0 Å². The molecule has 0 saturated heterocycles. The molecule has 0 spiro atoms. The second-order valence-electron chi connectivity index (χ2n) is 4.48. The van der Waals surface area contributed by atoms with Gasteiger partial charge in [-0.25, -0.2) is 8.78 Å². The first-order chi connectivity index (χ1) is 10.1. The molecule has 0 fully saturated rings. The summed E-state index contributed by atoms with van der Waals surface area (Å²) >= 11 is 5.63. The van der Waals surface area contributed by atoms with Crippen LogP contribution in [0, 0.1) is 11.6 Å². The number of hydrogen-bond acceptors (Lipinski definition) is 3. The van der Waals surface area contributed by atoms with Crippen LogP contribution in [0.3, 0.4) is 0 Å². The van der Waals surface area contributed by atoms with Crippen LogP contribution in [-0.2, 0) is 0 Å². The normalized spacial score (nSPS) is 10.8. The highest BCUT2D eigenvalue weighted by Crippen LogP contribution is 2.32. The van der Waals surface area contributed by atoms with Gasteiger partial charge in [0, 0.05) is 23.0 Å². The van der Waals surface area contributed by atoms with Gasteiger partial charge in [0.1, 0.15) is 11.5 Å². The molecule has 0 radical (unpaired) electrons. The van der Waals surface area contributed by atoms with Gasteiger partial charge in [0.05, 0.1) is 10.5 Å². The third-order valence-electron chi connectivity index (χ3n) is 3.07. The van der Waals surface area contributed by atoms with Crippen LogP contribution in [0.15, 0.2) is 42.6 Å². The van der Waals surface area contributed by atoms with E-state index in [0.29, 0.717) is 22.3 Å². The Labute approximate surface area is 124 Å². The first-order valence-corrected chi connectivity index (χ1v) is 6.49. The number of hydrogen-bond donors (Lipinski definition) is 2. The van der Waals surface area contributed by atoms with Crippen molar-refractivity contribution in [2.75, 3.05) is 11.1 Å². The van der Waals surface area contributed by atoms with Gasteiger partial charge in [-0.2, -0.15) is 0 Å². The minimum absolute atomic E-state index is 0.00121. The van der Waals surface area contributed by atoms with E-state index in [9.17, 15) is 8.78 Å². The molecule has 0 amide bonds. The van der Waals surface area contributed by atoms with Crippen molar-refractivity contribution in [3.63, 3.8) is 0 Å². The summed E-state index contributed by atoms with van der Waals surface area (Å²) in [6.07, 6.45) is 1.54. The molecule has 0 bridgehead atoms. The number of aromatic nitrogens is 1. The predicted octanol–water partition coefficient (Wildman–Crippen LogP) is 4.49. The Kier molecular flexibility index (Phi) is 3.35. The number of nitrogens with one attached hydrogen (secondary N) is 1. The van der Waals surface area contributed by atoms with E-state index in [4.69, 9.17) is 17.3 Å². The van der Waals surface area contributed by atoms with E-state index in [2.05, 4.69) is 10.3 Å². The molecule has 0 atom stereocenters. The van der Waals surface area contributed by atoms with Crippen LogP contribution in [0.2, 0.25) is 5.02 Å². The number of rotatable bonds is 2. The quantitative estimate of drug-likeness (QED) is 0.686. The second-order valence-corrected chi connectivity index (χ2v) is 4.88. The first-order valence-electron chi connectivity index (χ1n) is 6.11. The van der Waals surface area contributed by atoms with Gasteiger partial charge in [-0.1, -0.05) is 11.6 Å². The van der Waals surface area contributed by atoms with Crippen molar-refractivity contribution in [3.8, 4) is 0 Å². The summed E-state index contributed by atoms with van der Waals surface area (Å²) in [4.78, 5) is 4.14. The van der Waals surface area contributed by atoms with E-state index >= 15 is 0 Å². The minimum Gasteiger partial charge on any atom is -0.398 e. The number of benzene rings is 2. The molecular formula is C15H10ClF2N3. The number of pyridine rings is 1. The number of nitrogens with two attached hydrogens (primary N) is 1. The molecule has 0 aliphatic carbocycles. The van der Waals surface area contributed by atoms with Gasteiger partial charge in [-0.3, -0.25) is 4.98 Å². The largest absolute Gasteiger partial charge is 0.398 e. The third-order valence-corrected chi connectivity index (χ3v) is 3.37. The van der Waals surface area contributed by atoms with Crippen molar-refractivity contribution >= 4 is 39.6 Å². The van der Waals surface area contributed by atoms with Gasteiger partial charge in [-0.05, 0) is 36.4 Å². The fourth-order valence-corrected chi connectivity index (χ4v) is 2.19. The summed E-state index contributed by atoms with van der Waals surface area (Å²) in [5.41, 5.74) is 6.96. The average Bonchev–Trinajstić information content (AvgIpc) is 2.47. The summed E-state index contributed by atoms with van der Waals surface area (Å²) in [5, 5.41) is 3.44. The number of nitrogen functional groups attached to an aromatic ring is 1. The standard InChI is InChI=1S/C15H10ClF2N3/c16-10-4-3-8(6-11(10)17)21-15-12(18)7-13(19)9-2-1-5-20-14(9)15/h1-7,21H,19H2. The van der Waals surface area contributed by atoms with E-state index < -0.39 is 11.6 Å². The number of halogens is 3. The van der Waals surface area contributed by atoms with Gasteiger partial charge in [-0.15, -0.1) is 0 Å². The highest BCUT2D eigenvalue weighted by atomic mass is 35.5. The van der Waals surface area contributed by atoms with Gasteiger partial charge < -0.3 is 11.1 Å². The molecule has 3 N–H and O–H groups in total. The van der Waals surface area contributed by atoms with Gasteiger partial charge in [0.25, 0.3) is 0 Å². The lowest BCUT2D eigenvalue weighted by Gasteiger charge is -2.12. The molecule has 3 nitrogen and oxygen atoms in total. The predicted molar refractivity (Wildman–Crippen MR) is 80.8 cm³/mol. The molecule has 21 heavy (non-hydrogen) atoms. The SMILES string of the molecule is Nc1cc(F)c(Nc2ccc(Cl)c(F)c2)c2ncccc12. The van der Waals surface area contributed by atoms with Crippen molar-refractivity contribution in [3.05, 3.63) is 59.3 Å². The van der Waals surface area contributed by atoms with Crippen LogP contribution in [0.1, 0.15) is 0 Å². The maximum absolute atomic E-state index is 14.1. The summed E-state index contributed by atoms with van der Waals surface area (Å²) in [5.74, 6) is -1.15. The van der Waals surface area contributed by atoms with Crippen LogP contribution in [0.25, 0.3) is 10.9 Å². The maximum Gasteiger partial charge on any atom is 0.150 e. The number of nitrogens with zero attached hydrogens (tertiary/aromatic N) is 1. The molecule has 6 heteroatoms. The molecule has 1 heterocycles. The number of fused-ring (bicyclic) bond motifs is 1. The average molecular weight is 306 g/mol. The maximum atomic E-state index is 14.1. The zero-order valence-corrected chi connectivity index (χ0v) is 11.5. The molecule has 0 unspecified atom stereocenters. The van der Waals surface area contributed by atoms with E-state index in [1.807, 2.05) is 0 Å². The third kappa shape index (κ3) is 2.48. The smallest absolute Gasteiger partial charge is 0.150 e. The Morgan fingerprint density at radius 3 is 2.67 bits per heavy atom. The highest BCUT2D eigenvalue weighted by Gasteiger charge is 2.12. The van der Waals surface area contributed by atoms with Crippen molar-refractivity contribution in [1.82, 2.24) is 4.98 Å². The lowest BCUT2D eigenvalue weighted by Crippen LogP contribution is -1.99. The van der Waals surface area contributed by atoms with Crippen molar-refractivity contribution in [2.45, 2.75) is 0 Å². The Morgan fingerprint density at radius 1 is 1.10 bits per heavy atom. The number of anilines is 3. The summed E-state index contributed by atoms with van der Waals surface area (Å²) in [6, 6.07) is 8.79. The van der Waals surface area contributed by atoms with Crippen molar-refractivity contribution in [2.24, 2.45) is 0 Å². The van der Waals surface area contributed by atoms with Crippen LogP contribution in [0.5, 0.6) is 0 Å². The summed E-state index contributed by atoms with van der Waals surface area (Å²) < 4.78 is 27.6. The van der Waals surface area contributed by atoms with Crippen molar-refractivity contribution < 1.29 is 8.78 Å². The molecule has 0 saturated carbocycles. The second kappa shape index (κ2) is 5.18. The zero-order chi connectivity index (χ0) is 15.0. The molecule has 1 aromatic heterocycles. The molecule has 3 aromatic rings. The Bertz CT molecular complexity index is 837. The van der Waals surface area contributed by atoms with Crippen molar-refractivity contribution in [1.29, 1.82) is 0 Å². The Balaban J connectivity index is 2.14. The van der Waals surface area contributed by atoms with Crippen LogP contribution < -0.4 is 11.1 Å². The molecule has 0 aliphatic rings. The first kappa shape index (κ1) is 13.6. The zero-order valence-electron chi connectivity index (χ0n) is 10.7. The van der Waals surface area contributed by atoms with Crippen LogP contribution in [-0.4, -0.2) is 4.98 Å². The van der Waals surface area contributed by atoms with Gasteiger partial charge >= 0.3 is 0 Å². The molecule has 3 rings (SSSR count). The molecule has 0 aliphatic heterocycles. The summed E-state index contributed by atoms with van der Waals surface area (Å²) in [7, 11) is 0. The topological polar surface area (TPSA) is 50.9 Å². The lowest BCUT2D eigenvalue weighted by molar-refractivity contribution is 0.627. The Hall–Kier alpha value is -2.40. The fourth-order valence-electron chi connectivity index (χ4n) is 2.07. The fraction of sp³-hybridized carbons (Fsp3) is 0. The minimum atomic E-state index is -0.588. The van der Waals surface area contributed by atoms with E-state index in [1.165, 1.54) is 24.4 Å². The summed E-state index contributed by atoms with van der Waals surface area (Å²) in [6.45, 7) is 0. The van der Waals surface area contributed by atoms with E-state index in [1.54, 1.807) is 18.2 Å². The molecule has 106 valence electrons. The van der Waals surface area contributed by atoms with Crippen LogP contribution in [0.4, 0.5) is 25.8 Å². The van der Waals surface area contributed by atoms with Gasteiger partial charge in [0.15, 0.2) is 5.82 Å².